The van der Waals surface area contributed by atoms with Crippen LogP contribution in [0.1, 0.15) is 40.0 Å². The highest BCUT2D eigenvalue weighted by Gasteiger charge is 2.29. The second-order valence-corrected chi connectivity index (χ2v) is 5.44. The molecule has 5 nitrogen and oxygen atoms in total. The van der Waals surface area contributed by atoms with Crippen molar-refractivity contribution in [3.8, 4) is 0 Å². The summed E-state index contributed by atoms with van der Waals surface area (Å²) in [6, 6.07) is -0.539. The van der Waals surface area contributed by atoms with E-state index in [-0.39, 0.29) is 11.9 Å². The van der Waals surface area contributed by atoms with Crippen molar-refractivity contribution in [2.75, 3.05) is 6.54 Å². The molecule has 0 saturated carbocycles. The van der Waals surface area contributed by atoms with Gasteiger partial charge in [0.05, 0.1) is 5.92 Å². The predicted octanol–water partition coefficient (Wildman–Crippen LogP) is 1.17. The van der Waals surface area contributed by atoms with Crippen LogP contribution in [0.3, 0.4) is 0 Å². The fraction of sp³-hybridized carbons (Fsp3) is 0.833. The number of rotatable bonds is 2. The van der Waals surface area contributed by atoms with E-state index in [9.17, 15) is 9.59 Å². The number of carbonyl (C=O) groups is 2. The van der Waals surface area contributed by atoms with Gasteiger partial charge in [0.2, 0.25) is 0 Å². The number of aliphatic carboxylic acids is 1. The first-order valence-electron chi connectivity index (χ1n) is 5.98. The minimum absolute atomic E-state index is 0.189. The highest BCUT2D eigenvalue weighted by Crippen LogP contribution is 2.21. The fourth-order valence-electron chi connectivity index (χ4n) is 1.88. The van der Waals surface area contributed by atoms with E-state index in [1.54, 1.807) is 0 Å². The highest BCUT2D eigenvalue weighted by molar-refractivity contribution is 5.75. The van der Waals surface area contributed by atoms with Crippen molar-refractivity contribution >= 4 is 11.9 Å². The third-order valence-electron chi connectivity index (χ3n) is 2.73. The summed E-state index contributed by atoms with van der Waals surface area (Å²) in [7, 11) is 0. The maximum atomic E-state index is 11.8. The number of hydrogen-bond acceptors (Lipinski definition) is 4. The Kier molecular flexibility index (Phi) is 4.51. The molecule has 0 radical (unpaired) electrons. The van der Waals surface area contributed by atoms with Crippen molar-refractivity contribution in [3.63, 3.8) is 0 Å². The van der Waals surface area contributed by atoms with Crippen molar-refractivity contribution in [1.29, 1.82) is 0 Å². The maximum Gasteiger partial charge on any atom is 0.320 e. The van der Waals surface area contributed by atoms with Crippen molar-refractivity contribution in [1.82, 2.24) is 5.32 Å². The standard InChI is InChI=1S/C12H21NO4/c1-12(2,3)17-11(16)8-4-5-9(10(14)15)13-7-6-8/h8-9,13H,4-7H2,1-3H3,(H,14,15)/t8-,9+/m0/s1. The lowest BCUT2D eigenvalue weighted by molar-refractivity contribution is -0.160. The van der Waals surface area contributed by atoms with Gasteiger partial charge < -0.3 is 15.2 Å². The minimum Gasteiger partial charge on any atom is -0.480 e. The average Bonchev–Trinajstić information content (AvgIpc) is 2.39. The number of carbonyl (C=O) groups excluding carboxylic acids is 1. The predicted molar refractivity (Wildman–Crippen MR) is 62.6 cm³/mol. The van der Waals surface area contributed by atoms with E-state index in [2.05, 4.69) is 5.32 Å². The molecule has 17 heavy (non-hydrogen) atoms. The van der Waals surface area contributed by atoms with Crippen molar-refractivity contribution < 1.29 is 19.4 Å². The Morgan fingerprint density at radius 3 is 2.41 bits per heavy atom. The normalized spacial score (nSPS) is 26.1. The summed E-state index contributed by atoms with van der Waals surface area (Å²) in [5, 5.41) is 11.8. The molecule has 1 heterocycles. The van der Waals surface area contributed by atoms with Crippen LogP contribution in [0.2, 0.25) is 0 Å². The van der Waals surface area contributed by atoms with E-state index >= 15 is 0 Å². The summed E-state index contributed by atoms with van der Waals surface area (Å²) in [5.41, 5.74) is -0.483. The second-order valence-electron chi connectivity index (χ2n) is 5.44. The van der Waals surface area contributed by atoms with Gasteiger partial charge in [0, 0.05) is 0 Å². The van der Waals surface area contributed by atoms with E-state index in [1.165, 1.54) is 0 Å². The van der Waals surface area contributed by atoms with Gasteiger partial charge >= 0.3 is 11.9 Å². The molecule has 0 aromatic carbocycles. The van der Waals surface area contributed by atoms with Gasteiger partial charge in [-0.05, 0) is 46.6 Å². The Hall–Kier alpha value is -1.10. The van der Waals surface area contributed by atoms with Gasteiger partial charge in [-0.2, -0.15) is 0 Å². The van der Waals surface area contributed by atoms with E-state index in [1.807, 2.05) is 20.8 Å². The van der Waals surface area contributed by atoms with Crippen LogP contribution in [0, 0.1) is 5.92 Å². The smallest absolute Gasteiger partial charge is 0.320 e. The molecule has 1 aliphatic heterocycles. The molecular weight excluding hydrogens is 222 g/mol. The zero-order chi connectivity index (χ0) is 13.1. The largest absolute Gasteiger partial charge is 0.480 e. The SMILES string of the molecule is CC(C)(C)OC(=O)[C@@H]1CCN[C@@H](C(=O)O)CC1. The van der Waals surface area contributed by atoms with Gasteiger partial charge in [-0.1, -0.05) is 0 Å². The van der Waals surface area contributed by atoms with Crippen molar-refractivity contribution in [2.24, 2.45) is 5.92 Å². The monoisotopic (exact) mass is 243 g/mol. The van der Waals surface area contributed by atoms with E-state index in [0.29, 0.717) is 25.8 Å². The van der Waals surface area contributed by atoms with Gasteiger partial charge in [-0.25, -0.2) is 0 Å². The molecule has 0 aromatic rings. The average molecular weight is 243 g/mol. The molecule has 1 fully saturated rings. The quantitative estimate of drug-likeness (QED) is 0.712. The lowest BCUT2D eigenvalue weighted by atomic mass is 9.99. The maximum absolute atomic E-state index is 11.8. The Labute approximate surface area is 102 Å². The first kappa shape index (κ1) is 14.0. The van der Waals surface area contributed by atoms with Crippen molar-refractivity contribution in [2.45, 2.75) is 51.7 Å². The molecule has 0 aliphatic carbocycles. The Bertz CT molecular complexity index is 295. The van der Waals surface area contributed by atoms with E-state index in [0.717, 1.165) is 0 Å². The number of esters is 1. The summed E-state index contributed by atoms with van der Waals surface area (Å²) in [4.78, 5) is 22.7. The summed E-state index contributed by atoms with van der Waals surface area (Å²) in [6.07, 6.45) is 1.68. The fourth-order valence-corrected chi connectivity index (χ4v) is 1.88. The molecule has 2 N–H and O–H groups in total. The van der Waals surface area contributed by atoms with Gasteiger partial charge in [0.25, 0.3) is 0 Å². The van der Waals surface area contributed by atoms with E-state index in [4.69, 9.17) is 9.84 Å². The molecule has 98 valence electrons. The second kappa shape index (κ2) is 5.49. The molecule has 5 heteroatoms. The molecule has 1 aliphatic rings. The topological polar surface area (TPSA) is 75.6 Å². The van der Waals surface area contributed by atoms with Crippen LogP contribution < -0.4 is 5.32 Å². The zero-order valence-corrected chi connectivity index (χ0v) is 10.7. The number of nitrogens with one attached hydrogen (secondary N) is 1. The van der Waals surface area contributed by atoms with Crippen LogP contribution in [0.15, 0.2) is 0 Å². The van der Waals surface area contributed by atoms with Gasteiger partial charge in [0.15, 0.2) is 0 Å². The molecular formula is C12H21NO4. The Morgan fingerprint density at radius 1 is 1.24 bits per heavy atom. The molecule has 2 atom stereocenters. The summed E-state index contributed by atoms with van der Waals surface area (Å²) >= 11 is 0. The van der Waals surface area contributed by atoms with Crippen LogP contribution >= 0.6 is 0 Å². The first-order valence-corrected chi connectivity index (χ1v) is 5.98. The zero-order valence-electron chi connectivity index (χ0n) is 10.7. The summed E-state index contributed by atoms with van der Waals surface area (Å²) < 4.78 is 5.31. The number of carboxylic acid groups (broad SMARTS) is 1. The molecule has 1 saturated heterocycles. The third-order valence-corrected chi connectivity index (χ3v) is 2.73. The third kappa shape index (κ3) is 4.73. The van der Waals surface area contributed by atoms with Crippen LogP contribution in [0.4, 0.5) is 0 Å². The molecule has 1 rings (SSSR count). The highest BCUT2D eigenvalue weighted by atomic mass is 16.6. The molecule has 0 unspecified atom stereocenters. The molecule has 0 amide bonds. The first-order chi connectivity index (χ1) is 7.79. The molecule has 0 bridgehead atoms. The van der Waals surface area contributed by atoms with Gasteiger partial charge in [0.1, 0.15) is 11.6 Å². The Balaban J connectivity index is 2.51. The van der Waals surface area contributed by atoms with Crippen LogP contribution in [-0.2, 0) is 14.3 Å². The lowest BCUT2D eigenvalue weighted by Gasteiger charge is -2.23. The number of ether oxygens (including phenoxy) is 1. The van der Waals surface area contributed by atoms with Crippen molar-refractivity contribution in [3.05, 3.63) is 0 Å². The number of hydrogen-bond donors (Lipinski definition) is 2. The van der Waals surface area contributed by atoms with Crippen LogP contribution in [-0.4, -0.2) is 35.2 Å². The Morgan fingerprint density at radius 2 is 1.88 bits per heavy atom. The molecule has 0 aromatic heterocycles. The van der Waals surface area contributed by atoms with Crippen LogP contribution in [0.5, 0.6) is 0 Å². The summed E-state index contributed by atoms with van der Waals surface area (Å²) in [5.74, 6) is -1.26. The van der Waals surface area contributed by atoms with Gasteiger partial charge in [-0.15, -0.1) is 0 Å². The van der Waals surface area contributed by atoms with Crippen LogP contribution in [0.25, 0.3) is 0 Å². The van der Waals surface area contributed by atoms with Gasteiger partial charge in [-0.3, -0.25) is 9.59 Å². The summed E-state index contributed by atoms with van der Waals surface area (Å²) in [6.45, 7) is 6.04. The number of carboxylic acids is 1. The molecule has 0 spiro atoms. The van der Waals surface area contributed by atoms with E-state index < -0.39 is 17.6 Å². The minimum atomic E-state index is -0.852. The lowest BCUT2D eigenvalue weighted by Crippen LogP contribution is -2.35.